The number of nitrogens with one attached hydrogen (secondary N) is 1. The number of carboxylic acids is 1. The van der Waals surface area contributed by atoms with Crippen LogP contribution in [0.25, 0.3) is 0 Å². The number of carbonyl (C=O) groups is 2. The van der Waals surface area contributed by atoms with Crippen molar-refractivity contribution in [1.29, 1.82) is 0 Å². The van der Waals surface area contributed by atoms with Crippen LogP contribution in [-0.4, -0.2) is 39.7 Å². The number of esters is 1. The van der Waals surface area contributed by atoms with Gasteiger partial charge in [0.05, 0.1) is 12.5 Å². The minimum atomic E-state index is -1.04. The highest BCUT2D eigenvalue weighted by Crippen LogP contribution is 2.33. The van der Waals surface area contributed by atoms with Gasteiger partial charge < -0.3 is 15.2 Å². The van der Waals surface area contributed by atoms with Crippen LogP contribution in [-0.2, 0) is 9.53 Å². The molecule has 0 fully saturated rings. The molecule has 0 aliphatic heterocycles. The summed E-state index contributed by atoms with van der Waals surface area (Å²) in [6, 6.07) is 1.56. The first-order valence-corrected chi connectivity index (χ1v) is 6.05. The van der Waals surface area contributed by atoms with Crippen LogP contribution in [0.4, 0.5) is 5.82 Å². The van der Waals surface area contributed by atoms with E-state index in [0.717, 1.165) is 0 Å². The zero-order chi connectivity index (χ0) is 15.6. The Morgan fingerprint density at radius 3 is 2.40 bits per heavy atom. The largest absolute Gasteiger partial charge is 0.481 e. The third-order valence-corrected chi connectivity index (χ3v) is 3.56. The molecule has 0 aromatic carbocycles. The molecule has 110 valence electrons. The van der Waals surface area contributed by atoms with Crippen molar-refractivity contribution in [3.05, 3.63) is 18.1 Å². The van der Waals surface area contributed by atoms with E-state index >= 15 is 0 Å². The highest BCUT2D eigenvalue weighted by Gasteiger charge is 2.43. The fraction of sp³-hybridized carbons (Fsp3) is 0.538. The maximum atomic E-state index is 11.4. The van der Waals surface area contributed by atoms with Crippen molar-refractivity contribution in [2.75, 3.05) is 12.4 Å². The van der Waals surface area contributed by atoms with Gasteiger partial charge in [0.1, 0.15) is 5.82 Å². The summed E-state index contributed by atoms with van der Waals surface area (Å²) in [6.45, 7) is 6.73. The molecule has 2 N–H and O–H groups in total. The number of methoxy groups -OCH3 is 1. The average Bonchev–Trinajstić information content (AvgIpc) is 2.37. The van der Waals surface area contributed by atoms with Crippen molar-refractivity contribution in [2.24, 2.45) is 5.41 Å². The molecule has 1 rings (SSSR count). The Hall–Kier alpha value is -2.18. The molecule has 0 saturated heterocycles. The molecule has 20 heavy (non-hydrogen) atoms. The highest BCUT2D eigenvalue weighted by atomic mass is 16.5. The molecule has 0 unspecified atom stereocenters. The first-order valence-electron chi connectivity index (χ1n) is 6.05. The standard InChI is InChI=1S/C13H19N3O4/c1-12(2,11(18)19)13(3,4)16-8-6-7-14-9(15-8)10(17)20-5/h6-7H,1-5H3,(H,18,19)(H,14,15,16). The smallest absolute Gasteiger partial charge is 0.376 e. The van der Waals surface area contributed by atoms with E-state index < -0.39 is 22.9 Å². The molecular weight excluding hydrogens is 262 g/mol. The van der Waals surface area contributed by atoms with E-state index in [-0.39, 0.29) is 5.82 Å². The Balaban J connectivity index is 3.04. The minimum absolute atomic E-state index is 0.0820. The number of aliphatic carboxylic acids is 1. The van der Waals surface area contributed by atoms with Crippen molar-refractivity contribution in [1.82, 2.24) is 9.97 Å². The van der Waals surface area contributed by atoms with Crippen molar-refractivity contribution in [3.63, 3.8) is 0 Å². The number of hydrogen-bond donors (Lipinski definition) is 2. The normalized spacial score (nSPS) is 11.8. The fourth-order valence-electron chi connectivity index (χ4n) is 1.36. The number of carbonyl (C=O) groups excluding carboxylic acids is 1. The lowest BCUT2D eigenvalue weighted by Crippen LogP contribution is -2.50. The summed E-state index contributed by atoms with van der Waals surface area (Å²) in [7, 11) is 1.24. The van der Waals surface area contributed by atoms with Gasteiger partial charge in [-0.2, -0.15) is 0 Å². The molecule has 0 bridgehead atoms. The summed E-state index contributed by atoms with van der Waals surface area (Å²) in [5.74, 6) is -1.30. The number of rotatable bonds is 5. The summed E-state index contributed by atoms with van der Waals surface area (Å²) in [4.78, 5) is 30.5. The number of ether oxygens (including phenoxy) is 1. The van der Waals surface area contributed by atoms with Crippen LogP contribution >= 0.6 is 0 Å². The summed E-state index contributed by atoms with van der Waals surface area (Å²) >= 11 is 0. The van der Waals surface area contributed by atoms with Gasteiger partial charge in [-0.1, -0.05) is 0 Å². The van der Waals surface area contributed by atoms with Crippen LogP contribution in [0.5, 0.6) is 0 Å². The first kappa shape index (κ1) is 15.9. The summed E-state index contributed by atoms with van der Waals surface area (Å²) < 4.78 is 4.54. The van der Waals surface area contributed by atoms with Crippen molar-refractivity contribution in [2.45, 2.75) is 33.2 Å². The minimum Gasteiger partial charge on any atom is -0.481 e. The molecule has 0 aliphatic carbocycles. The number of aromatic nitrogens is 2. The van der Waals surface area contributed by atoms with E-state index in [4.69, 9.17) is 0 Å². The van der Waals surface area contributed by atoms with Crippen LogP contribution < -0.4 is 5.32 Å². The van der Waals surface area contributed by atoms with Crippen LogP contribution in [0.1, 0.15) is 38.3 Å². The highest BCUT2D eigenvalue weighted by molar-refractivity contribution is 5.85. The van der Waals surface area contributed by atoms with Crippen molar-refractivity contribution < 1.29 is 19.4 Å². The second-order valence-corrected chi connectivity index (χ2v) is 5.44. The maximum Gasteiger partial charge on any atom is 0.376 e. The van der Waals surface area contributed by atoms with Gasteiger partial charge in [0.25, 0.3) is 0 Å². The SMILES string of the molecule is COC(=O)c1nccc(NC(C)(C)C(C)(C)C(=O)O)n1. The summed E-state index contributed by atoms with van der Waals surface area (Å²) in [5.41, 5.74) is -1.83. The van der Waals surface area contributed by atoms with Gasteiger partial charge in [0.15, 0.2) is 0 Å². The monoisotopic (exact) mass is 281 g/mol. The van der Waals surface area contributed by atoms with Crippen LogP contribution in [0.15, 0.2) is 12.3 Å². The van der Waals surface area contributed by atoms with E-state index in [9.17, 15) is 14.7 Å². The molecule has 0 saturated carbocycles. The number of hydrogen-bond acceptors (Lipinski definition) is 6. The van der Waals surface area contributed by atoms with Gasteiger partial charge in [0.2, 0.25) is 5.82 Å². The molecule has 0 amide bonds. The molecule has 7 nitrogen and oxygen atoms in total. The van der Waals surface area contributed by atoms with E-state index in [1.807, 2.05) is 0 Å². The van der Waals surface area contributed by atoms with Gasteiger partial charge >= 0.3 is 11.9 Å². The third-order valence-electron chi connectivity index (χ3n) is 3.56. The number of carboxylic acid groups (broad SMARTS) is 1. The Labute approximate surface area is 117 Å². The lowest BCUT2D eigenvalue weighted by atomic mass is 9.74. The Kier molecular flexibility index (Phi) is 4.32. The quantitative estimate of drug-likeness (QED) is 0.790. The molecule has 0 atom stereocenters. The molecular formula is C13H19N3O4. The zero-order valence-electron chi connectivity index (χ0n) is 12.2. The van der Waals surface area contributed by atoms with Gasteiger partial charge in [-0.25, -0.2) is 14.8 Å². The van der Waals surface area contributed by atoms with Gasteiger partial charge in [-0.15, -0.1) is 0 Å². The van der Waals surface area contributed by atoms with E-state index in [0.29, 0.717) is 5.82 Å². The first-order chi connectivity index (χ1) is 9.11. The predicted molar refractivity (Wildman–Crippen MR) is 72.5 cm³/mol. The Morgan fingerprint density at radius 2 is 1.90 bits per heavy atom. The van der Waals surface area contributed by atoms with E-state index in [1.54, 1.807) is 33.8 Å². The lowest BCUT2D eigenvalue weighted by molar-refractivity contribution is -0.149. The van der Waals surface area contributed by atoms with Crippen LogP contribution in [0.2, 0.25) is 0 Å². The van der Waals surface area contributed by atoms with Crippen molar-refractivity contribution >= 4 is 17.8 Å². The summed E-state index contributed by atoms with van der Waals surface area (Å²) in [5, 5.41) is 12.3. The van der Waals surface area contributed by atoms with Crippen molar-refractivity contribution in [3.8, 4) is 0 Å². The Bertz CT molecular complexity index is 526. The molecule has 7 heteroatoms. The number of anilines is 1. The zero-order valence-corrected chi connectivity index (χ0v) is 12.2. The van der Waals surface area contributed by atoms with E-state index in [1.165, 1.54) is 13.3 Å². The molecule has 0 aliphatic rings. The average molecular weight is 281 g/mol. The molecule has 1 aromatic heterocycles. The third kappa shape index (κ3) is 3.04. The summed E-state index contributed by atoms with van der Waals surface area (Å²) in [6.07, 6.45) is 1.41. The van der Waals surface area contributed by atoms with Crippen LogP contribution in [0.3, 0.4) is 0 Å². The van der Waals surface area contributed by atoms with Gasteiger partial charge in [-0.3, -0.25) is 4.79 Å². The van der Waals surface area contributed by atoms with Crippen LogP contribution in [0, 0.1) is 5.41 Å². The fourth-order valence-corrected chi connectivity index (χ4v) is 1.36. The van der Waals surface area contributed by atoms with Gasteiger partial charge in [-0.05, 0) is 33.8 Å². The second-order valence-electron chi connectivity index (χ2n) is 5.44. The molecule has 1 aromatic rings. The molecule has 1 heterocycles. The number of nitrogens with zero attached hydrogens (tertiary/aromatic N) is 2. The lowest BCUT2D eigenvalue weighted by Gasteiger charge is -2.39. The maximum absolute atomic E-state index is 11.4. The Morgan fingerprint density at radius 1 is 1.30 bits per heavy atom. The second kappa shape index (κ2) is 5.44. The molecule has 0 spiro atoms. The molecule has 0 radical (unpaired) electrons. The van der Waals surface area contributed by atoms with Gasteiger partial charge in [0, 0.05) is 11.7 Å². The van der Waals surface area contributed by atoms with E-state index in [2.05, 4.69) is 20.0 Å². The topological polar surface area (TPSA) is 101 Å². The predicted octanol–water partition coefficient (Wildman–Crippen LogP) is 1.56.